The molecule has 0 radical (unpaired) electrons. The molecule has 7 nitrogen and oxygen atoms in total. The van der Waals surface area contributed by atoms with Crippen LogP contribution in [0.4, 0.5) is 0 Å². The Balaban J connectivity index is 1.66. The van der Waals surface area contributed by atoms with Crippen LogP contribution in [0, 0.1) is 12.3 Å². The van der Waals surface area contributed by atoms with E-state index in [1.165, 1.54) is 0 Å². The fourth-order valence-corrected chi connectivity index (χ4v) is 3.68. The molecule has 1 aromatic rings. The Labute approximate surface area is 136 Å². The van der Waals surface area contributed by atoms with Crippen LogP contribution in [0.3, 0.4) is 0 Å². The molecule has 3 rings (SSSR count). The van der Waals surface area contributed by atoms with Crippen LogP contribution in [-0.4, -0.2) is 59.9 Å². The highest BCUT2D eigenvalue weighted by molar-refractivity contribution is 5.95. The van der Waals surface area contributed by atoms with Crippen molar-refractivity contribution < 1.29 is 19.4 Å². The first kappa shape index (κ1) is 16.4. The van der Waals surface area contributed by atoms with Crippen molar-refractivity contribution in [2.24, 2.45) is 5.41 Å². The topological polar surface area (TPSA) is 85.6 Å². The summed E-state index contributed by atoms with van der Waals surface area (Å²) in [4.78, 5) is 12.6. The molecule has 1 saturated carbocycles. The van der Waals surface area contributed by atoms with E-state index in [0.717, 1.165) is 12.8 Å². The van der Waals surface area contributed by atoms with Gasteiger partial charge in [0.2, 0.25) is 0 Å². The van der Waals surface area contributed by atoms with Gasteiger partial charge in [-0.05, 0) is 26.2 Å². The van der Waals surface area contributed by atoms with Gasteiger partial charge in [-0.3, -0.25) is 9.48 Å². The minimum absolute atomic E-state index is 0.00984. The van der Waals surface area contributed by atoms with Crippen molar-refractivity contribution in [3.63, 3.8) is 0 Å². The smallest absolute Gasteiger partial charge is 0.254 e. The minimum Gasteiger partial charge on any atom is -0.392 e. The summed E-state index contributed by atoms with van der Waals surface area (Å²) >= 11 is 0. The maximum Gasteiger partial charge on any atom is 0.254 e. The molecule has 1 aromatic heterocycles. The third-order valence-corrected chi connectivity index (χ3v) is 5.26. The van der Waals surface area contributed by atoms with Gasteiger partial charge in [0, 0.05) is 38.0 Å². The van der Waals surface area contributed by atoms with Gasteiger partial charge in [0.05, 0.1) is 30.5 Å². The van der Waals surface area contributed by atoms with Gasteiger partial charge in [-0.2, -0.15) is 5.10 Å². The first-order valence-electron chi connectivity index (χ1n) is 8.16. The van der Waals surface area contributed by atoms with Crippen molar-refractivity contribution in [3.8, 4) is 0 Å². The number of carbonyl (C=O) groups is 1. The summed E-state index contributed by atoms with van der Waals surface area (Å²) in [6, 6.07) is 0.00984. The van der Waals surface area contributed by atoms with Gasteiger partial charge in [0.15, 0.2) is 0 Å². The molecule has 1 saturated heterocycles. The lowest BCUT2D eigenvalue weighted by Crippen LogP contribution is -2.65. The predicted octanol–water partition coefficient (Wildman–Crippen LogP) is 0.498. The molecule has 2 fully saturated rings. The Morgan fingerprint density at radius 1 is 1.57 bits per heavy atom. The van der Waals surface area contributed by atoms with Crippen LogP contribution in [0.1, 0.15) is 35.3 Å². The Morgan fingerprint density at radius 2 is 2.30 bits per heavy atom. The maximum atomic E-state index is 12.6. The van der Waals surface area contributed by atoms with Crippen molar-refractivity contribution in [2.45, 2.75) is 44.9 Å². The lowest BCUT2D eigenvalue weighted by molar-refractivity contribution is -0.145. The number of rotatable bonds is 5. The van der Waals surface area contributed by atoms with E-state index in [-0.39, 0.29) is 23.5 Å². The Kier molecular flexibility index (Phi) is 4.70. The summed E-state index contributed by atoms with van der Waals surface area (Å²) in [5.41, 5.74) is 1.08. The fraction of sp³-hybridized carbons (Fsp3) is 0.750. The zero-order chi connectivity index (χ0) is 16.4. The number of ether oxygens (including phenoxy) is 2. The maximum absolute atomic E-state index is 12.6. The van der Waals surface area contributed by atoms with E-state index in [4.69, 9.17) is 9.47 Å². The molecule has 23 heavy (non-hydrogen) atoms. The van der Waals surface area contributed by atoms with E-state index in [0.29, 0.717) is 44.0 Å². The monoisotopic (exact) mass is 323 g/mol. The van der Waals surface area contributed by atoms with Gasteiger partial charge in [-0.25, -0.2) is 0 Å². The van der Waals surface area contributed by atoms with Crippen LogP contribution in [-0.2, 0) is 16.0 Å². The molecular weight excluding hydrogens is 298 g/mol. The highest BCUT2D eigenvalue weighted by atomic mass is 16.5. The van der Waals surface area contributed by atoms with Crippen molar-refractivity contribution in [1.82, 2.24) is 15.1 Å². The van der Waals surface area contributed by atoms with Gasteiger partial charge < -0.3 is 19.9 Å². The summed E-state index contributed by atoms with van der Waals surface area (Å²) in [5, 5.41) is 17.6. The molecule has 1 aliphatic heterocycles. The molecule has 2 N–H and O–H groups in total. The molecule has 0 aromatic carbocycles. The Hall–Kier alpha value is -1.44. The number of nitrogens with one attached hydrogen (secondary N) is 1. The summed E-state index contributed by atoms with van der Waals surface area (Å²) in [6.45, 7) is 4.31. The SMILES string of the molecule is COCCn1cc(C(=O)N[C@@H]2C[C@@H](O)C23CCOCC3)c(C)n1. The van der Waals surface area contributed by atoms with Crippen molar-refractivity contribution in [3.05, 3.63) is 17.5 Å². The van der Waals surface area contributed by atoms with Crippen LogP contribution >= 0.6 is 0 Å². The van der Waals surface area contributed by atoms with Crippen molar-refractivity contribution in [2.75, 3.05) is 26.9 Å². The van der Waals surface area contributed by atoms with Crippen LogP contribution in [0.25, 0.3) is 0 Å². The first-order chi connectivity index (χ1) is 11.1. The van der Waals surface area contributed by atoms with Crippen LogP contribution in [0.5, 0.6) is 0 Å². The number of hydrogen-bond acceptors (Lipinski definition) is 5. The highest BCUT2D eigenvalue weighted by Gasteiger charge is 2.55. The molecule has 1 amide bonds. The average molecular weight is 323 g/mol. The molecule has 7 heteroatoms. The minimum atomic E-state index is -0.345. The number of aromatic nitrogens is 2. The van der Waals surface area contributed by atoms with E-state index in [9.17, 15) is 9.90 Å². The third-order valence-electron chi connectivity index (χ3n) is 5.26. The van der Waals surface area contributed by atoms with E-state index in [2.05, 4.69) is 10.4 Å². The van der Waals surface area contributed by atoms with Gasteiger partial charge in [0.25, 0.3) is 5.91 Å². The molecule has 1 aliphatic carbocycles. The number of aliphatic hydroxyl groups is 1. The summed E-state index contributed by atoms with van der Waals surface area (Å²) in [7, 11) is 1.64. The van der Waals surface area contributed by atoms with Gasteiger partial charge in [-0.15, -0.1) is 0 Å². The van der Waals surface area contributed by atoms with E-state index in [1.54, 1.807) is 18.0 Å². The molecule has 0 unspecified atom stereocenters. The van der Waals surface area contributed by atoms with E-state index >= 15 is 0 Å². The molecule has 2 atom stereocenters. The highest BCUT2D eigenvalue weighted by Crippen LogP contribution is 2.49. The number of aryl methyl sites for hydroxylation is 1. The van der Waals surface area contributed by atoms with Crippen molar-refractivity contribution in [1.29, 1.82) is 0 Å². The number of carbonyl (C=O) groups excluding carboxylic acids is 1. The first-order valence-corrected chi connectivity index (χ1v) is 8.16. The number of amides is 1. The molecule has 1 spiro atoms. The lowest BCUT2D eigenvalue weighted by atomic mass is 9.58. The predicted molar refractivity (Wildman–Crippen MR) is 83.2 cm³/mol. The third kappa shape index (κ3) is 3.00. The van der Waals surface area contributed by atoms with E-state index in [1.807, 2.05) is 6.92 Å². The zero-order valence-electron chi connectivity index (χ0n) is 13.7. The van der Waals surface area contributed by atoms with E-state index < -0.39 is 0 Å². The number of hydrogen-bond donors (Lipinski definition) is 2. The second-order valence-electron chi connectivity index (χ2n) is 6.51. The summed E-state index contributed by atoms with van der Waals surface area (Å²) in [5.74, 6) is -0.117. The molecule has 2 heterocycles. The number of aliphatic hydroxyl groups excluding tert-OH is 1. The quantitative estimate of drug-likeness (QED) is 0.824. The zero-order valence-corrected chi connectivity index (χ0v) is 13.7. The standard InChI is InChI=1S/C16H25N3O4/c1-11-12(10-19(18-11)5-8-22-2)15(21)17-13-9-14(20)16(13)3-6-23-7-4-16/h10,13-14,20H,3-9H2,1-2H3,(H,17,21)/t13-,14-/m1/s1. The van der Waals surface area contributed by atoms with Crippen LogP contribution < -0.4 is 5.32 Å². The molecular formula is C16H25N3O4. The molecule has 2 aliphatic rings. The van der Waals surface area contributed by atoms with Crippen LogP contribution in [0.15, 0.2) is 6.20 Å². The second kappa shape index (κ2) is 6.59. The normalized spacial score (nSPS) is 26.0. The molecule has 128 valence electrons. The largest absolute Gasteiger partial charge is 0.392 e. The van der Waals surface area contributed by atoms with Gasteiger partial charge in [-0.1, -0.05) is 0 Å². The van der Waals surface area contributed by atoms with Crippen molar-refractivity contribution >= 4 is 5.91 Å². The average Bonchev–Trinajstić information content (AvgIpc) is 2.94. The summed E-state index contributed by atoms with van der Waals surface area (Å²) < 4.78 is 12.2. The van der Waals surface area contributed by atoms with Crippen LogP contribution in [0.2, 0.25) is 0 Å². The summed E-state index contributed by atoms with van der Waals surface area (Å²) in [6.07, 6.45) is 3.62. The second-order valence-corrected chi connectivity index (χ2v) is 6.51. The Morgan fingerprint density at radius 3 is 2.96 bits per heavy atom. The molecule has 0 bridgehead atoms. The Bertz CT molecular complexity index is 566. The fourth-order valence-electron chi connectivity index (χ4n) is 3.68. The number of methoxy groups -OCH3 is 1. The van der Waals surface area contributed by atoms with Gasteiger partial charge >= 0.3 is 0 Å². The van der Waals surface area contributed by atoms with Gasteiger partial charge in [0.1, 0.15) is 0 Å². The lowest BCUT2D eigenvalue weighted by Gasteiger charge is -2.55. The number of nitrogens with zero attached hydrogens (tertiary/aromatic N) is 2.